The quantitative estimate of drug-likeness (QED) is 0.459. The Kier molecular flexibility index (Phi) is 8.49. The minimum Gasteiger partial charge on any atom is -0.461 e. The molecule has 1 rings (SSSR count). The first-order valence-corrected chi connectivity index (χ1v) is 8.02. The SMILES string of the molecule is CCCCCC(=Cc1ccccc1)COC(=O)CC(C)C. The standard InChI is InChI=1S/C19H28O2/c1-4-5-7-12-18(14-17-10-8-6-9-11-17)15-21-19(20)13-16(2)3/h6,8-11,14,16H,4-5,7,12-13,15H2,1-3H3. The predicted molar refractivity (Wildman–Crippen MR) is 89.0 cm³/mol. The number of benzene rings is 1. The van der Waals surface area contributed by atoms with Gasteiger partial charge in [-0.3, -0.25) is 4.79 Å². The van der Waals surface area contributed by atoms with Crippen LogP contribution in [0.3, 0.4) is 0 Å². The molecule has 0 aliphatic carbocycles. The Balaban J connectivity index is 2.60. The molecule has 0 aliphatic heterocycles. The van der Waals surface area contributed by atoms with Crippen LogP contribution in [0, 0.1) is 5.92 Å². The summed E-state index contributed by atoms with van der Waals surface area (Å²) in [6.45, 7) is 6.68. The van der Waals surface area contributed by atoms with E-state index in [1.54, 1.807) is 0 Å². The Labute approximate surface area is 129 Å². The molecule has 0 unspecified atom stereocenters. The number of unbranched alkanes of at least 4 members (excludes halogenated alkanes) is 2. The van der Waals surface area contributed by atoms with Gasteiger partial charge in [0.2, 0.25) is 0 Å². The number of carbonyl (C=O) groups is 1. The normalized spacial score (nSPS) is 11.7. The number of rotatable bonds is 9. The van der Waals surface area contributed by atoms with Crippen molar-refractivity contribution in [2.45, 2.75) is 52.9 Å². The molecule has 0 fully saturated rings. The molecule has 0 saturated heterocycles. The van der Waals surface area contributed by atoms with Gasteiger partial charge in [0, 0.05) is 6.42 Å². The van der Waals surface area contributed by atoms with Gasteiger partial charge in [-0.15, -0.1) is 0 Å². The fraction of sp³-hybridized carbons (Fsp3) is 0.526. The van der Waals surface area contributed by atoms with E-state index in [0.717, 1.165) is 12.8 Å². The molecule has 0 N–H and O–H groups in total. The highest BCUT2D eigenvalue weighted by Gasteiger charge is 2.07. The summed E-state index contributed by atoms with van der Waals surface area (Å²) in [5.41, 5.74) is 2.37. The Morgan fingerprint density at radius 3 is 2.52 bits per heavy atom. The van der Waals surface area contributed by atoms with Crippen molar-refractivity contribution in [2.24, 2.45) is 5.92 Å². The maximum absolute atomic E-state index is 11.7. The van der Waals surface area contributed by atoms with Gasteiger partial charge in [0.25, 0.3) is 0 Å². The molecule has 0 aliphatic rings. The molecule has 0 heterocycles. The van der Waals surface area contributed by atoms with Gasteiger partial charge in [-0.05, 0) is 29.9 Å². The summed E-state index contributed by atoms with van der Waals surface area (Å²) in [6, 6.07) is 10.2. The Morgan fingerprint density at radius 2 is 1.90 bits per heavy atom. The van der Waals surface area contributed by atoms with E-state index in [1.807, 2.05) is 32.0 Å². The maximum Gasteiger partial charge on any atom is 0.306 e. The number of hydrogen-bond donors (Lipinski definition) is 0. The fourth-order valence-electron chi connectivity index (χ4n) is 2.14. The van der Waals surface area contributed by atoms with Gasteiger partial charge < -0.3 is 4.74 Å². The van der Waals surface area contributed by atoms with Crippen LogP contribution in [0.2, 0.25) is 0 Å². The Hall–Kier alpha value is -1.57. The smallest absolute Gasteiger partial charge is 0.306 e. The molecule has 116 valence electrons. The first kappa shape index (κ1) is 17.5. The van der Waals surface area contributed by atoms with Crippen molar-refractivity contribution in [1.82, 2.24) is 0 Å². The topological polar surface area (TPSA) is 26.3 Å². The summed E-state index contributed by atoms with van der Waals surface area (Å²) < 4.78 is 5.41. The number of esters is 1. The van der Waals surface area contributed by atoms with E-state index in [1.165, 1.54) is 24.0 Å². The van der Waals surface area contributed by atoms with E-state index in [-0.39, 0.29) is 5.97 Å². The summed E-state index contributed by atoms with van der Waals surface area (Å²) in [4.78, 5) is 11.7. The summed E-state index contributed by atoms with van der Waals surface area (Å²) in [6.07, 6.45) is 7.21. The summed E-state index contributed by atoms with van der Waals surface area (Å²) >= 11 is 0. The summed E-state index contributed by atoms with van der Waals surface area (Å²) in [7, 11) is 0. The minimum absolute atomic E-state index is 0.0977. The lowest BCUT2D eigenvalue weighted by Gasteiger charge is -2.10. The van der Waals surface area contributed by atoms with Crippen LogP contribution in [-0.2, 0) is 9.53 Å². The molecule has 21 heavy (non-hydrogen) atoms. The monoisotopic (exact) mass is 288 g/mol. The van der Waals surface area contributed by atoms with Crippen LogP contribution >= 0.6 is 0 Å². The lowest BCUT2D eigenvalue weighted by atomic mass is 10.0. The van der Waals surface area contributed by atoms with Crippen molar-refractivity contribution in [3.05, 3.63) is 41.5 Å². The van der Waals surface area contributed by atoms with Crippen molar-refractivity contribution in [1.29, 1.82) is 0 Å². The molecule has 0 saturated carbocycles. The highest BCUT2D eigenvalue weighted by molar-refractivity contribution is 5.70. The first-order valence-electron chi connectivity index (χ1n) is 8.02. The van der Waals surface area contributed by atoms with Gasteiger partial charge in [-0.2, -0.15) is 0 Å². The molecule has 0 bridgehead atoms. The van der Waals surface area contributed by atoms with Crippen molar-refractivity contribution in [2.75, 3.05) is 6.61 Å². The second-order valence-corrected chi connectivity index (χ2v) is 5.93. The molecular formula is C19H28O2. The molecule has 0 aromatic heterocycles. The van der Waals surface area contributed by atoms with E-state index < -0.39 is 0 Å². The molecular weight excluding hydrogens is 260 g/mol. The Morgan fingerprint density at radius 1 is 1.19 bits per heavy atom. The van der Waals surface area contributed by atoms with Crippen LogP contribution in [0.15, 0.2) is 35.9 Å². The lowest BCUT2D eigenvalue weighted by molar-refractivity contribution is -0.143. The van der Waals surface area contributed by atoms with E-state index in [0.29, 0.717) is 18.9 Å². The fourth-order valence-corrected chi connectivity index (χ4v) is 2.14. The zero-order valence-corrected chi connectivity index (χ0v) is 13.6. The van der Waals surface area contributed by atoms with Gasteiger partial charge in [-0.1, -0.05) is 70.0 Å². The van der Waals surface area contributed by atoms with Crippen molar-refractivity contribution < 1.29 is 9.53 Å². The molecule has 0 atom stereocenters. The first-order chi connectivity index (χ1) is 10.1. The number of hydrogen-bond acceptors (Lipinski definition) is 2. The zero-order valence-electron chi connectivity index (χ0n) is 13.6. The maximum atomic E-state index is 11.7. The third-order valence-corrected chi connectivity index (χ3v) is 3.27. The van der Waals surface area contributed by atoms with Gasteiger partial charge >= 0.3 is 5.97 Å². The second kappa shape index (κ2) is 10.2. The van der Waals surface area contributed by atoms with Gasteiger partial charge in [0.05, 0.1) is 0 Å². The van der Waals surface area contributed by atoms with Crippen molar-refractivity contribution in [3.8, 4) is 0 Å². The Bertz CT molecular complexity index is 432. The van der Waals surface area contributed by atoms with E-state index in [9.17, 15) is 4.79 Å². The number of ether oxygens (including phenoxy) is 1. The molecule has 0 radical (unpaired) electrons. The van der Waals surface area contributed by atoms with Crippen molar-refractivity contribution >= 4 is 12.0 Å². The van der Waals surface area contributed by atoms with E-state index >= 15 is 0 Å². The van der Waals surface area contributed by atoms with Crippen LogP contribution in [0.1, 0.15) is 58.4 Å². The van der Waals surface area contributed by atoms with Gasteiger partial charge in [0.1, 0.15) is 6.61 Å². The predicted octanol–water partition coefficient (Wildman–Crippen LogP) is 5.24. The van der Waals surface area contributed by atoms with Crippen LogP contribution in [0.25, 0.3) is 6.08 Å². The molecule has 2 nitrogen and oxygen atoms in total. The highest BCUT2D eigenvalue weighted by atomic mass is 16.5. The van der Waals surface area contributed by atoms with Crippen LogP contribution in [0.4, 0.5) is 0 Å². The average molecular weight is 288 g/mol. The van der Waals surface area contributed by atoms with Crippen molar-refractivity contribution in [3.63, 3.8) is 0 Å². The molecule has 1 aromatic carbocycles. The summed E-state index contributed by atoms with van der Waals surface area (Å²) in [5.74, 6) is 0.249. The molecule has 1 aromatic rings. The van der Waals surface area contributed by atoms with Crippen LogP contribution < -0.4 is 0 Å². The molecule has 0 amide bonds. The lowest BCUT2D eigenvalue weighted by Crippen LogP contribution is -2.10. The third-order valence-electron chi connectivity index (χ3n) is 3.27. The molecule has 2 heteroatoms. The average Bonchev–Trinajstić information content (AvgIpc) is 2.45. The third kappa shape index (κ3) is 8.34. The summed E-state index contributed by atoms with van der Waals surface area (Å²) in [5, 5.41) is 0. The van der Waals surface area contributed by atoms with Crippen LogP contribution in [-0.4, -0.2) is 12.6 Å². The largest absolute Gasteiger partial charge is 0.461 e. The van der Waals surface area contributed by atoms with E-state index in [4.69, 9.17) is 4.74 Å². The minimum atomic E-state index is -0.0977. The van der Waals surface area contributed by atoms with E-state index in [2.05, 4.69) is 25.1 Å². The van der Waals surface area contributed by atoms with Gasteiger partial charge in [0.15, 0.2) is 0 Å². The molecule has 0 spiro atoms. The second-order valence-electron chi connectivity index (χ2n) is 5.93. The highest BCUT2D eigenvalue weighted by Crippen LogP contribution is 2.15. The zero-order chi connectivity index (χ0) is 15.5. The number of carbonyl (C=O) groups excluding carboxylic acids is 1. The van der Waals surface area contributed by atoms with Crippen LogP contribution in [0.5, 0.6) is 0 Å². The van der Waals surface area contributed by atoms with Gasteiger partial charge in [-0.25, -0.2) is 0 Å².